The number of fused-ring (bicyclic) bond motifs is 1. The van der Waals surface area contributed by atoms with Crippen molar-refractivity contribution in [3.05, 3.63) is 71.6 Å². The summed E-state index contributed by atoms with van der Waals surface area (Å²) in [6.45, 7) is 14.3. The monoisotopic (exact) mass is 611 g/mol. The number of aromatic nitrogens is 1. The van der Waals surface area contributed by atoms with E-state index in [2.05, 4.69) is 56.9 Å². The number of aryl methyl sites for hydroxylation is 1. The Bertz CT molecular complexity index is 1070. The molecule has 0 bridgehead atoms. The Morgan fingerprint density at radius 1 is 0.886 bits per heavy atom. The topological polar surface area (TPSA) is 11.6 Å². The zero-order chi connectivity index (χ0) is 23.8. The molecule has 0 amide bonds. The van der Waals surface area contributed by atoms with Crippen molar-refractivity contribution in [1.29, 1.82) is 0 Å². The largest absolute Gasteiger partial charge is 1.00 e. The summed E-state index contributed by atoms with van der Waals surface area (Å²) < 4.78 is 31.1. The molecular formula is C28H37Br2F2N3. The number of anilines is 1. The quantitative estimate of drug-likeness (QED) is 0.267. The van der Waals surface area contributed by atoms with Crippen LogP contribution < -0.4 is 48.3 Å². The van der Waals surface area contributed by atoms with Crippen LogP contribution in [-0.4, -0.2) is 32.7 Å². The van der Waals surface area contributed by atoms with Crippen LogP contribution >= 0.6 is 0 Å². The van der Waals surface area contributed by atoms with Gasteiger partial charge in [-0.2, -0.15) is 13.3 Å². The lowest BCUT2D eigenvalue weighted by molar-refractivity contribution is -0.899. The van der Waals surface area contributed by atoms with Gasteiger partial charge in [-0.15, -0.1) is 0 Å². The molecule has 0 fully saturated rings. The number of quaternary nitrogens is 1. The summed E-state index contributed by atoms with van der Waals surface area (Å²) in [5.41, 5.74) is 2.12. The van der Waals surface area contributed by atoms with E-state index < -0.39 is 11.6 Å². The maximum absolute atomic E-state index is 14.7. The molecule has 1 N–H and O–H groups in total. The number of pyridine rings is 1. The molecule has 0 aliphatic heterocycles. The third-order valence-corrected chi connectivity index (χ3v) is 6.48. The van der Waals surface area contributed by atoms with Gasteiger partial charge in [0.15, 0.2) is 18.2 Å². The molecule has 3 nitrogen and oxygen atoms in total. The number of nitrogens with zero attached hydrogens (tertiary/aromatic N) is 2. The summed E-state index contributed by atoms with van der Waals surface area (Å²) in [5, 5.41) is 2.18. The van der Waals surface area contributed by atoms with E-state index in [4.69, 9.17) is 0 Å². The molecule has 0 unspecified atom stereocenters. The van der Waals surface area contributed by atoms with Crippen molar-refractivity contribution in [2.45, 2.75) is 40.7 Å². The molecule has 0 atom stereocenters. The van der Waals surface area contributed by atoms with Gasteiger partial charge in [-0.3, -0.25) is 0 Å². The van der Waals surface area contributed by atoms with Gasteiger partial charge in [0.25, 0.3) is 0 Å². The summed E-state index contributed by atoms with van der Waals surface area (Å²) in [4.78, 5) is 3.80. The van der Waals surface area contributed by atoms with E-state index >= 15 is 0 Å². The van der Waals surface area contributed by atoms with Crippen molar-refractivity contribution in [3.63, 3.8) is 0 Å². The average Bonchev–Trinajstić information content (AvgIpc) is 2.82. The fourth-order valence-electron chi connectivity index (χ4n) is 4.39. The summed E-state index contributed by atoms with van der Waals surface area (Å²) in [6.07, 6.45) is 7.04. The molecule has 0 aliphatic carbocycles. The summed E-state index contributed by atoms with van der Waals surface area (Å²) in [6, 6.07) is 12.4. The van der Waals surface area contributed by atoms with Crippen molar-refractivity contribution >= 4 is 28.6 Å². The number of rotatable bonds is 11. The highest BCUT2D eigenvalue weighted by Gasteiger charge is 2.15. The van der Waals surface area contributed by atoms with Crippen LogP contribution in [0.2, 0.25) is 0 Å². The van der Waals surface area contributed by atoms with Gasteiger partial charge in [0.05, 0.1) is 31.6 Å². The molecule has 0 radical (unpaired) electrons. The number of halogens is 4. The van der Waals surface area contributed by atoms with Gasteiger partial charge in [-0.1, -0.05) is 30.3 Å². The van der Waals surface area contributed by atoms with Gasteiger partial charge in [0, 0.05) is 18.8 Å². The smallest absolute Gasteiger partial charge is 0.205 e. The summed E-state index contributed by atoms with van der Waals surface area (Å²) >= 11 is 0. The van der Waals surface area contributed by atoms with Crippen LogP contribution in [0, 0.1) is 11.6 Å². The highest BCUT2D eigenvalue weighted by Crippen LogP contribution is 2.26. The Kier molecular flexibility index (Phi) is 13.7. The van der Waals surface area contributed by atoms with Gasteiger partial charge >= 0.3 is 0 Å². The van der Waals surface area contributed by atoms with Gasteiger partial charge in [0.2, 0.25) is 12.4 Å². The van der Waals surface area contributed by atoms with Crippen molar-refractivity contribution in [1.82, 2.24) is 0 Å². The van der Waals surface area contributed by atoms with Gasteiger partial charge in [-0.05, 0) is 62.2 Å². The minimum atomic E-state index is -0.537. The molecule has 7 heteroatoms. The first-order valence-corrected chi connectivity index (χ1v) is 12.2. The van der Waals surface area contributed by atoms with E-state index in [1.54, 1.807) is 16.7 Å². The lowest BCUT2D eigenvalue weighted by Gasteiger charge is -2.21. The zero-order valence-corrected chi connectivity index (χ0v) is 24.3. The normalized spacial score (nSPS) is 11.1. The molecule has 3 rings (SSSR count). The van der Waals surface area contributed by atoms with Crippen LogP contribution in [0.1, 0.15) is 45.2 Å². The van der Waals surface area contributed by atoms with E-state index in [9.17, 15) is 8.78 Å². The van der Waals surface area contributed by atoms with E-state index in [1.807, 2.05) is 12.1 Å². The van der Waals surface area contributed by atoms with Crippen LogP contribution in [0.5, 0.6) is 0 Å². The maximum atomic E-state index is 14.7. The molecule has 0 saturated carbocycles. The molecule has 2 aromatic carbocycles. The lowest BCUT2D eigenvalue weighted by atomic mass is 10.0. The molecule has 3 aromatic rings. The Hall–Kier alpha value is -1.83. The average molecular weight is 613 g/mol. The van der Waals surface area contributed by atoms with Crippen LogP contribution in [-0.2, 0) is 6.54 Å². The molecule has 0 spiro atoms. The molecule has 192 valence electrons. The van der Waals surface area contributed by atoms with Crippen molar-refractivity contribution in [2.75, 3.05) is 37.6 Å². The molecule has 35 heavy (non-hydrogen) atoms. The van der Waals surface area contributed by atoms with E-state index in [0.717, 1.165) is 55.5 Å². The fraction of sp³-hybridized carbons (Fsp3) is 0.393. The van der Waals surface area contributed by atoms with E-state index in [1.165, 1.54) is 23.0 Å². The summed E-state index contributed by atoms with van der Waals surface area (Å²) in [7, 11) is 0. The Balaban J connectivity index is 0.00000306. The predicted molar refractivity (Wildman–Crippen MR) is 135 cm³/mol. The highest BCUT2D eigenvalue weighted by atomic mass is 79.9. The van der Waals surface area contributed by atoms with E-state index in [-0.39, 0.29) is 39.5 Å². The SMILES string of the molecule is CCN(CC)c1ccc2c(/C=C/c3c(F)c[n+](CCC[NH+](CC)CC)cc3F)cccc2c1.[Br-].[Br-]. The standard InChI is InChI=1S/C28H36F2N3.2BrH/c1-5-31(6-2)17-10-18-32-20-27(29)26(28(30)21-32)15-13-22-11-9-12-23-19-24(14-16-25(22)23)33(7-3)8-4;;/h9,11-16,19-21H,5-8,10,17-18H2,1-4H3;2*1H/q+1;;/p-1/b15-13+;;. The first-order valence-electron chi connectivity index (χ1n) is 12.2. The second-order valence-electron chi connectivity index (χ2n) is 8.42. The Morgan fingerprint density at radius 3 is 2.14 bits per heavy atom. The highest BCUT2D eigenvalue weighted by molar-refractivity contribution is 5.94. The Morgan fingerprint density at radius 2 is 1.54 bits per heavy atom. The van der Waals surface area contributed by atoms with Crippen molar-refractivity contribution in [2.24, 2.45) is 0 Å². The third kappa shape index (κ3) is 8.09. The van der Waals surface area contributed by atoms with Crippen LogP contribution in [0.25, 0.3) is 22.9 Å². The molecular weight excluding hydrogens is 576 g/mol. The molecule has 0 aliphatic rings. The first-order chi connectivity index (χ1) is 16.0. The predicted octanol–water partition coefficient (Wildman–Crippen LogP) is -1.26. The fourth-order valence-corrected chi connectivity index (χ4v) is 4.39. The van der Waals surface area contributed by atoms with Gasteiger partial charge in [0.1, 0.15) is 0 Å². The molecule has 1 aromatic heterocycles. The van der Waals surface area contributed by atoms with Crippen molar-refractivity contribution < 1.29 is 52.2 Å². The molecule has 1 heterocycles. The van der Waals surface area contributed by atoms with Crippen LogP contribution in [0.15, 0.2) is 48.8 Å². The van der Waals surface area contributed by atoms with Gasteiger partial charge < -0.3 is 43.8 Å². The van der Waals surface area contributed by atoms with Crippen LogP contribution in [0.4, 0.5) is 14.5 Å². The third-order valence-electron chi connectivity index (χ3n) is 6.48. The molecule has 0 saturated heterocycles. The first kappa shape index (κ1) is 31.2. The van der Waals surface area contributed by atoms with Crippen LogP contribution in [0.3, 0.4) is 0 Å². The lowest BCUT2D eigenvalue weighted by Crippen LogP contribution is -3.11. The number of benzene rings is 2. The summed E-state index contributed by atoms with van der Waals surface area (Å²) in [5.74, 6) is -1.07. The number of hydrogen-bond acceptors (Lipinski definition) is 1. The number of hydrogen-bond donors (Lipinski definition) is 1. The number of nitrogens with one attached hydrogen (secondary N) is 1. The zero-order valence-electron chi connectivity index (χ0n) is 21.1. The van der Waals surface area contributed by atoms with E-state index in [0.29, 0.717) is 6.54 Å². The minimum Gasteiger partial charge on any atom is -1.00 e. The maximum Gasteiger partial charge on any atom is 0.205 e. The minimum absolute atomic E-state index is 0. The van der Waals surface area contributed by atoms with Crippen molar-refractivity contribution in [3.8, 4) is 0 Å². The second kappa shape index (κ2) is 15.3. The Labute approximate surface area is 230 Å². The second-order valence-corrected chi connectivity index (χ2v) is 8.42. The van der Waals surface area contributed by atoms with Gasteiger partial charge in [-0.25, -0.2) is 0 Å².